The van der Waals surface area contributed by atoms with Gasteiger partial charge in [-0.15, -0.1) is 0 Å². The van der Waals surface area contributed by atoms with Gasteiger partial charge in [-0.1, -0.05) is 29.3 Å². The summed E-state index contributed by atoms with van der Waals surface area (Å²) in [5.74, 6) is 0.102. The fourth-order valence-corrected chi connectivity index (χ4v) is 3.13. The number of aryl methyl sites for hydroxylation is 1. The van der Waals surface area contributed by atoms with Crippen molar-refractivity contribution in [2.24, 2.45) is 0 Å². The predicted octanol–water partition coefficient (Wildman–Crippen LogP) is 3.93. The largest absolute Gasteiger partial charge is 0.468 e. The lowest BCUT2D eigenvalue weighted by Crippen LogP contribution is -2.28. The highest BCUT2D eigenvalue weighted by Crippen LogP contribution is 2.32. The highest BCUT2D eigenvalue weighted by atomic mass is 35.5. The normalized spacial score (nSPS) is 12.0. The Morgan fingerprint density at radius 2 is 2.00 bits per heavy atom. The molecule has 27 heavy (non-hydrogen) atoms. The zero-order valence-corrected chi connectivity index (χ0v) is 16.4. The highest BCUT2D eigenvalue weighted by molar-refractivity contribution is 6.37. The van der Waals surface area contributed by atoms with E-state index in [1.165, 1.54) is 4.68 Å². The molecule has 0 saturated heterocycles. The number of hydrogen-bond acceptors (Lipinski definition) is 4. The van der Waals surface area contributed by atoms with Crippen molar-refractivity contribution in [3.8, 4) is 5.75 Å². The molecular formula is C18H19Cl2N5O2. The number of para-hydroxylation sites is 1. The number of aromatic nitrogens is 4. The van der Waals surface area contributed by atoms with Gasteiger partial charge in [0, 0.05) is 18.9 Å². The second kappa shape index (κ2) is 8.45. The van der Waals surface area contributed by atoms with Gasteiger partial charge in [-0.05, 0) is 38.1 Å². The summed E-state index contributed by atoms with van der Waals surface area (Å²) < 4.78 is 8.94. The fraction of sp³-hybridized carbons (Fsp3) is 0.278. The first-order chi connectivity index (χ1) is 13.0. The second-order valence-electron chi connectivity index (χ2n) is 5.83. The molecule has 2 heterocycles. The number of ether oxygens (including phenoxy) is 1. The Morgan fingerprint density at radius 3 is 2.70 bits per heavy atom. The lowest BCUT2D eigenvalue weighted by molar-refractivity contribution is 0.0931. The molecule has 1 amide bonds. The minimum absolute atomic E-state index is 0.0783. The second-order valence-corrected chi connectivity index (χ2v) is 6.65. The Bertz CT molecular complexity index is 917. The van der Waals surface area contributed by atoms with Crippen molar-refractivity contribution in [3.63, 3.8) is 0 Å². The summed E-state index contributed by atoms with van der Waals surface area (Å²) in [6.45, 7) is 4.71. The maximum absolute atomic E-state index is 12.4. The number of carbonyl (C=O) groups excluding carboxylic acids is 1. The number of carbonyl (C=O) groups is 1. The zero-order valence-electron chi connectivity index (χ0n) is 14.9. The van der Waals surface area contributed by atoms with Gasteiger partial charge in [-0.2, -0.15) is 10.2 Å². The molecule has 1 unspecified atom stereocenters. The van der Waals surface area contributed by atoms with Gasteiger partial charge in [-0.3, -0.25) is 9.48 Å². The standard InChI is InChI=1S/C18H19Cl2N5O2/c1-3-25-16(7-9-21-25)12(2)22-18(26)15-8-10-24(23-15)11-27-17-13(19)5-4-6-14(17)20/h4-10,12H,3,11H2,1-2H3,(H,22,26). The van der Waals surface area contributed by atoms with E-state index in [9.17, 15) is 4.79 Å². The van der Waals surface area contributed by atoms with E-state index in [4.69, 9.17) is 27.9 Å². The van der Waals surface area contributed by atoms with Crippen LogP contribution in [0.15, 0.2) is 42.7 Å². The molecule has 1 aromatic carbocycles. The van der Waals surface area contributed by atoms with Crippen molar-refractivity contribution in [2.45, 2.75) is 33.2 Å². The molecule has 142 valence electrons. The molecule has 0 saturated carbocycles. The lowest BCUT2D eigenvalue weighted by atomic mass is 10.2. The van der Waals surface area contributed by atoms with Crippen molar-refractivity contribution in [1.29, 1.82) is 0 Å². The molecule has 0 spiro atoms. The first kappa shape index (κ1) is 19.3. The third kappa shape index (κ3) is 4.43. The molecule has 0 radical (unpaired) electrons. The zero-order chi connectivity index (χ0) is 19.4. The average molecular weight is 408 g/mol. The van der Waals surface area contributed by atoms with Crippen LogP contribution in [0.5, 0.6) is 5.75 Å². The molecule has 0 bridgehead atoms. The molecular weight excluding hydrogens is 389 g/mol. The summed E-state index contributed by atoms with van der Waals surface area (Å²) in [7, 11) is 0. The first-order valence-corrected chi connectivity index (χ1v) is 9.18. The smallest absolute Gasteiger partial charge is 0.272 e. The van der Waals surface area contributed by atoms with Crippen LogP contribution in [0.2, 0.25) is 10.0 Å². The molecule has 2 aromatic heterocycles. The third-order valence-electron chi connectivity index (χ3n) is 3.97. The molecule has 0 fully saturated rings. The Kier molecular flexibility index (Phi) is 6.03. The lowest BCUT2D eigenvalue weighted by Gasteiger charge is -2.14. The summed E-state index contributed by atoms with van der Waals surface area (Å²) in [5.41, 5.74) is 1.22. The molecule has 1 N–H and O–H groups in total. The van der Waals surface area contributed by atoms with Crippen LogP contribution in [0.3, 0.4) is 0 Å². The fourth-order valence-electron chi connectivity index (χ4n) is 2.63. The van der Waals surface area contributed by atoms with Gasteiger partial charge in [0.05, 0.1) is 21.8 Å². The third-order valence-corrected chi connectivity index (χ3v) is 4.57. The van der Waals surface area contributed by atoms with Crippen LogP contribution >= 0.6 is 23.2 Å². The summed E-state index contributed by atoms with van der Waals surface area (Å²) in [5, 5.41) is 12.2. The van der Waals surface area contributed by atoms with Crippen molar-refractivity contribution in [3.05, 3.63) is 64.2 Å². The number of nitrogens with one attached hydrogen (secondary N) is 1. The maximum Gasteiger partial charge on any atom is 0.272 e. The van der Waals surface area contributed by atoms with Gasteiger partial charge in [0.15, 0.2) is 12.5 Å². The summed E-state index contributed by atoms with van der Waals surface area (Å²) in [6.07, 6.45) is 3.37. The summed E-state index contributed by atoms with van der Waals surface area (Å²) >= 11 is 12.1. The molecule has 9 heteroatoms. The average Bonchev–Trinajstić information content (AvgIpc) is 3.30. The molecule has 3 rings (SSSR count). The molecule has 0 aliphatic carbocycles. The van der Waals surface area contributed by atoms with Crippen molar-refractivity contribution >= 4 is 29.1 Å². The Balaban J connectivity index is 1.62. The first-order valence-electron chi connectivity index (χ1n) is 8.42. The van der Waals surface area contributed by atoms with E-state index in [0.717, 1.165) is 12.2 Å². The van der Waals surface area contributed by atoms with E-state index in [-0.39, 0.29) is 18.7 Å². The maximum atomic E-state index is 12.4. The number of benzene rings is 1. The topological polar surface area (TPSA) is 74.0 Å². The van der Waals surface area contributed by atoms with Crippen LogP contribution < -0.4 is 10.1 Å². The van der Waals surface area contributed by atoms with E-state index >= 15 is 0 Å². The van der Waals surface area contributed by atoms with Gasteiger partial charge < -0.3 is 10.1 Å². The number of nitrogens with zero attached hydrogens (tertiary/aromatic N) is 4. The van der Waals surface area contributed by atoms with Crippen LogP contribution in [0.1, 0.15) is 36.1 Å². The van der Waals surface area contributed by atoms with Gasteiger partial charge in [0.2, 0.25) is 0 Å². The van der Waals surface area contributed by atoms with Crippen LogP contribution in [0.4, 0.5) is 0 Å². The summed E-state index contributed by atoms with van der Waals surface area (Å²) in [6, 6.07) is 8.42. The quantitative estimate of drug-likeness (QED) is 0.643. The van der Waals surface area contributed by atoms with Crippen molar-refractivity contribution in [1.82, 2.24) is 24.9 Å². The van der Waals surface area contributed by atoms with Crippen LogP contribution in [0, 0.1) is 0 Å². The van der Waals surface area contributed by atoms with Crippen LogP contribution in [-0.2, 0) is 13.3 Å². The van der Waals surface area contributed by atoms with Crippen molar-refractivity contribution in [2.75, 3.05) is 0 Å². The molecule has 0 aliphatic heterocycles. The van der Waals surface area contributed by atoms with Crippen molar-refractivity contribution < 1.29 is 9.53 Å². The molecule has 1 atom stereocenters. The number of rotatable bonds is 7. The highest BCUT2D eigenvalue weighted by Gasteiger charge is 2.17. The van der Waals surface area contributed by atoms with E-state index in [2.05, 4.69) is 15.5 Å². The van der Waals surface area contributed by atoms with Gasteiger partial charge in [0.25, 0.3) is 5.91 Å². The number of halogens is 2. The van der Waals surface area contributed by atoms with E-state index in [1.54, 1.807) is 36.7 Å². The Labute approximate surface area is 166 Å². The minimum atomic E-state index is -0.277. The number of amides is 1. The van der Waals surface area contributed by atoms with E-state index in [0.29, 0.717) is 21.5 Å². The monoisotopic (exact) mass is 407 g/mol. The SMILES string of the molecule is CCn1nccc1C(C)NC(=O)c1ccn(COc2c(Cl)cccc2Cl)n1. The Hall–Kier alpha value is -2.51. The van der Waals surface area contributed by atoms with Gasteiger partial charge in [0.1, 0.15) is 5.69 Å². The minimum Gasteiger partial charge on any atom is -0.468 e. The number of hydrogen-bond donors (Lipinski definition) is 1. The molecule has 7 nitrogen and oxygen atoms in total. The van der Waals surface area contributed by atoms with Gasteiger partial charge >= 0.3 is 0 Å². The van der Waals surface area contributed by atoms with E-state index in [1.807, 2.05) is 24.6 Å². The van der Waals surface area contributed by atoms with Crippen LogP contribution in [-0.4, -0.2) is 25.5 Å². The van der Waals surface area contributed by atoms with E-state index < -0.39 is 0 Å². The molecule has 0 aliphatic rings. The predicted molar refractivity (Wildman–Crippen MR) is 103 cm³/mol. The van der Waals surface area contributed by atoms with Gasteiger partial charge in [-0.25, -0.2) is 4.68 Å². The van der Waals surface area contributed by atoms with Crippen LogP contribution in [0.25, 0.3) is 0 Å². The Morgan fingerprint density at radius 1 is 1.26 bits per heavy atom. The summed E-state index contributed by atoms with van der Waals surface area (Å²) in [4.78, 5) is 12.4. The molecule has 3 aromatic rings.